The van der Waals surface area contributed by atoms with Crippen molar-refractivity contribution in [2.75, 3.05) is 6.54 Å². The number of benzene rings is 2. The van der Waals surface area contributed by atoms with Crippen LogP contribution in [0.15, 0.2) is 48.7 Å². The molecule has 26 heavy (non-hydrogen) atoms. The van der Waals surface area contributed by atoms with Gasteiger partial charge >= 0.3 is 0 Å². The maximum absolute atomic E-state index is 12.9. The highest BCUT2D eigenvalue weighted by molar-refractivity contribution is 5.90. The van der Waals surface area contributed by atoms with Crippen molar-refractivity contribution >= 4 is 27.7 Å². The van der Waals surface area contributed by atoms with Crippen molar-refractivity contribution in [3.8, 4) is 0 Å². The minimum atomic E-state index is 0.196. The molecule has 0 atom stereocenters. The number of nitrogens with zero attached hydrogens (tertiary/aromatic N) is 1. The number of rotatable bonds is 2. The van der Waals surface area contributed by atoms with Gasteiger partial charge in [-0.2, -0.15) is 0 Å². The lowest BCUT2D eigenvalue weighted by Gasteiger charge is -2.27. The number of aryl methyl sites for hydroxylation is 1. The van der Waals surface area contributed by atoms with Crippen molar-refractivity contribution in [1.82, 2.24) is 14.9 Å². The van der Waals surface area contributed by atoms with Crippen LogP contribution in [-0.2, 0) is 24.2 Å². The Bertz CT molecular complexity index is 1130. The summed E-state index contributed by atoms with van der Waals surface area (Å²) in [6.07, 6.45) is 3.30. The van der Waals surface area contributed by atoms with Gasteiger partial charge in [-0.25, -0.2) is 0 Å². The average Bonchev–Trinajstić information content (AvgIpc) is 3.22. The summed E-state index contributed by atoms with van der Waals surface area (Å²) in [4.78, 5) is 21.7. The molecule has 4 nitrogen and oxygen atoms in total. The number of hydrogen-bond donors (Lipinski definition) is 2. The molecule has 0 saturated carbocycles. The molecule has 2 aromatic carbocycles. The minimum Gasteiger partial charge on any atom is -0.361 e. The van der Waals surface area contributed by atoms with Crippen LogP contribution in [0.5, 0.6) is 0 Å². The Morgan fingerprint density at radius 3 is 2.92 bits per heavy atom. The Labute approximate surface area is 151 Å². The molecule has 4 aromatic rings. The second-order valence-electron chi connectivity index (χ2n) is 7.23. The van der Waals surface area contributed by atoms with Crippen LogP contribution < -0.4 is 0 Å². The average molecular weight is 343 g/mol. The van der Waals surface area contributed by atoms with Crippen LogP contribution >= 0.6 is 0 Å². The Balaban J connectivity index is 1.41. The van der Waals surface area contributed by atoms with E-state index >= 15 is 0 Å². The van der Waals surface area contributed by atoms with Crippen LogP contribution in [-0.4, -0.2) is 27.3 Å². The molecular weight excluding hydrogens is 322 g/mol. The number of H-pyrrole nitrogens is 2. The highest BCUT2D eigenvalue weighted by Crippen LogP contribution is 2.29. The van der Waals surface area contributed by atoms with E-state index in [2.05, 4.69) is 41.2 Å². The highest BCUT2D eigenvalue weighted by Gasteiger charge is 2.24. The molecule has 0 saturated heterocycles. The number of aromatic amines is 2. The summed E-state index contributed by atoms with van der Waals surface area (Å²) >= 11 is 0. The SMILES string of the molecule is Cc1ccc2c3c([nH]c2c1)CCN(C(=O)Cc1c[nH]c2ccccc12)C3. The Kier molecular flexibility index (Phi) is 3.38. The maximum Gasteiger partial charge on any atom is 0.227 e. The molecule has 3 heterocycles. The van der Waals surface area contributed by atoms with Crippen molar-refractivity contribution < 1.29 is 4.79 Å². The molecule has 4 heteroatoms. The first-order valence-corrected chi connectivity index (χ1v) is 9.12. The normalized spacial score (nSPS) is 14.1. The van der Waals surface area contributed by atoms with E-state index in [1.165, 1.54) is 27.7 Å². The zero-order valence-corrected chi connectivity index (χ0v) is 14.8. The van der Waals surface area contributed by atoms with E-state index in [1.807, 2.05) is 29.3 Å². The summed E-state index contributed by atoms with van der Waals surface area (Å²) in [5, 5.41) is 2.39. The molecule has 2 aromatic heterocycles. The fraction of sp³-hybridized carbons (Fsp3) is 0.227. The molecular formula is C22H21N3O. The molecule has 0 aliphatic carbocycles. The molecule has 130 valence electrons. The standard InChI is InChI=1S/C22H21N3O/c1-14-6-7-17-18-13-25(9-8-20(18)24-21(17)10-14)22(26)11-15-12-23-19-5-3-2-4-16(15)19/h2-7,10,12,23-24H,8-9,11,13H2,1H3. The molecule has 0 fully saturated rings. The minimum absolute atomic E-state index is 0.196. The summed E-state index contributed by atoms with van der Waals surface area (Å²) in [7, 11) is 0. The molecule has 0 radical (unpaired) electrons. The zero-order chi connectivity index (χ0) is 17.7. The first-order valence-electron chi connectivity index (χ1n) is 9.12. The topological polar surface area (TPSA) is 51.9 Å². The van der Waals surface area contributed by atoms with E-state index in [9.17, 15) is 4.79 Å². The fourth-order valence-corrected chi connectivity index (χ4v) is 4.10. The van der Waals surface area contributed by atoms with E-state index in [0.29, 0.717) is 13.0 Å². The van der Waals surface area contributed by atoms with Gasteiger partial charge in [0.2, 0.25) is 5.91 Å². The Morgan fingerprint density at radius 1 is 1.12 bits per heavy atom. The third-order valence-corrected chi connectivity index (χ3v) is 5.50. The van der Waals surface area contributed by atoms with Crippen LogP contribution in [0.2, 0.25) is 0 Å². The van der Waals surface area contributed by atoms with Gasteiger partial charge in [0.25, 0.3) is 0 Å². The number of hydrogen-bond acceptors (Lipinski definition) is 1. The molecule has 1 aliphatic rings. The third kappa shape index (κ3) is 2.41. The largest absolute Gasteiger partial charge is 0.361 e. The number of nitrogens with one attached hydrogen (secondary N) is 2. The van der Waals surface area contributed by atoms with Crippen LogP contribution in [0.3, 0.4) is 0 Å². The van der Waals surface area contributed by atoms with Gasteiger partial charge < -0.3 is 14.9 Å². The van der Waals surface area contributed by atoms with Crippen LogP contribution in [0.1, 0.15) is 22.4 Å². The number of fused-ring (bicyclic) bond motifs is 4. The van der Waals surface area contributed by atoms with Crippen molar-refractivity contribution in [3.05, 3.63) is 71.0 Å². The monoisotopic (exact) mass is 343 g/mol. The van der Waals surface area contributed by atoms with Crippen molar-refractivity contribution in [2.24, 2.45) is 0 Å². The van der Waals surface area contributed by atoms with Gasteiger partial charge in [-0.15, -0.1) is 0 Å². The first kappa shape index (κ1) is 15.3. The Morgan fingerprint density at radius 2 is 2.00 bits per heavy atom. The van der Waals surface area contributed by atoms with Gasteiger partial charge in [-0.05, 0) is 30.2 Å². The number of para-hydroxylation sites is 1. The zero-order valence-electron chi connectivity index (χ0n) is 14.8. The lowest BCUT2D eigenvalue weighted by molar-refractivity contribution is -0.131. The molecule has 0 bridgehead atoms. The maximum atomic E-state index is 12.9. The number of aromatic nitrogens is 2. The first-order chi connectivity index (χ1) is 12.7. The summed E-state index contributed by atoms with van der Waals surface area (Å²) in [6, 6.07) is 14.7. The van der Waals surface area contributed by atoms with E-state index in [0.717, 1.165) is 29.4 Å². The highest BCUT2D eigenvalue weighted by atomic mass is 16.2. The molecule has 2 N–H and O–H groups in total. The van der Waals surface area contributed by atoms with Crippen LogP contribution in [0.25, 0.3) is 21.8 Å². The molecule has 1 amide bonds. The van der Waals surface area contributed by atoms with Gasteiger partial charge in [0.05, 0.1) is 6.42 Å². The quantitative estimate of drug-likeness (QED) is 0.566. The van der Waals surface area contributed by atoms with E-state index in [1.54, 1.807) is 0 Å². The van der Waals surface area contributed by atoms with Gasteiger partial charge in [0, 0.05) is 58.8 Å². The van der Waals surface area contributed by atoms with E-state index in [-0.39, 0.29) is 5.91 Å². The molecule has 5 rings (SSSR count). The number of amides is 1. The van der Waals surface area contributed by atoms with Gasteiger partial charge in [-0.3, -0.25) is 4.79 Å². The smallest absolute Gasteiger partial charge is 0.227 e. The predicted octanol–water partition coefficient (Wildman–Crippen LogP) is 4.09. The molecule has 1 aliphatic heterocycles. The van der Waals surface area contributed by atoms with Crippen LogP contribution in [0.4, 0.5) is 0 Å². The van der Waals surface area contributed by atoms with Crippen molar-refractivity contribution in [1.29, 1.82) is 0 Å². The van der Waals surface area contributed by atoms with E-state index in [4.69, 9.17) is 0 Å². The Hall–Kier alpha value is -3.01. The molecule has 0 spiro atoms. The van der Waals surface area contributed by atoms with Gasteiger partial charge in [-0.1, -0.05) is 30.3 Å². The molecule has 0 unspecified atom stereocenters. The van der Waals surface area contributed by atoms with Gasteiger partial charge in [0.1, 0.15) is 0 Å². The second kappa shape index (κ2) is 5.77. The number of carbonyl (C=O) groups excluding carboxylic acids is 1. The fourth-order valence-electron chi connectivity index (χ4n) is 4.10. The lowest BCUT2D eigenvalue weighted by atomic mass is 10.0. The summed E-state index contributed by atoms with van der Waals surface area (Å²) in [5.41, 5.74) is 7.15. The summed E-state index contributed by atoms with van der Waals surface area (Å²) in [5.74, 6) is 0.196. The van der Waals surface area contributed by atoms with E-state index < -0.39 is 0 Å². The second-order valence-corrected chi connectivity index (χ2v) is 7.23. The lowest BCUT2D eigenvalue weighted by Crippen LogP contribution is -2.36. The third-order valence-electron chi connectivity index (χ3n) is 5.50. The van der Waals surface area contributed by atoms with Crippen molar-refractivity contribution in [3.63, 3.8) is 0 Å². The summed E-state index contributed by atoms with van der Waals surface area (Å²) in [6.45, 7) is 3.58. The number of carbonyl (C=O) groups is 1. The van der Waals surface area contributed by atoms with Crippen LogP contribution in [0, 0.1) is 6.92 Å². The predicted molar refractivity (Wildman–Crippen MR) is 104 cm³/mol. The van der Waals surface area contributed by atoms with Crippen molar-refractivity contribution in [2.45, 2.75) is 26.3 Å². The van der Waals surface area contributed by atoms with Gasteiger partial charge in [0.15, 0.2) is 0 Å². The summed E-state index contributed by atoms with van der Waals surface area (Å²) < 4.78 is 0.